The number of halogens is 3. The minimum Gasteiger partial charge on any atom is -1.00 e. The predicted octanol–water partition coefficient (Wildman–Crippen LogP) is -0.347. The molecule has 0 aromatic carbocycles. The third kappa shape index (κ3) is 14.3. The monoisotopic (exact) mass is 355 g/mol. The molecule has 0 saturated carbocycles. The van der Waals surface area contributed by atoms with Crippen LogP contribution < -0.4 is 17.0 Å². The number of quaternary nitrogens is 1. The molecule has 0 spiro atoms. The van der Waals surface area contributed by atoms with Crippen LogP contribution in [0.5, 0.6) is 0 Å². The molecule has 0 heterocycles. The molecule has 0 radical (unpaired) electrons. The number of rotatable bonds is 3. The van der Waals surface area contributed by atoms with Crippen molar-refractivity contribution in [1.82, 2.24) is 0 Å². The molecule has 0 aliphatic heterocycles. The van der Waals surface area contributed by atoms with Crippen LogP contribution in [0.1, 0.15) is 20.3 Å². The summed E-state index contributed by atoms with van der Waals surface area (Å²) in [6, 6.07) is 0. The average molecular weight is 358 g/mol. The van der Waals surface area contributed by atoms with Gasteiger partial charge in [-0.15, -0.1) is 34.0 Å². The standard InChI is InChI=1S/C7H18N.3BrH/c1-5-7-8(3,4)6-2;;;/h5-7H2,1-4H3;3*1H/q+1;;;/p-1. The molecule has 0 aromatic heterocycles. The minimum absolute atomic E-state index is 0. The Bertz CT molecular complexity index is 66.7. The molecule has 0 bridgehead atoms. The van der Waals surface area contributed by atoms with E-state index in [1.54, 1.807) is 0 Å². The number of hydrogen-bond donors (Lipinski definition) is 0. The van der Waals surface area contributed by atoms with Crippen LogP contribution in [-0.2, 0) is 0 Å². The topological polar surface area (TPSA) is 0 Å². The Hall–Kier alpha value is 1.40. The lowest BCUT2D eigenvalue weighted by atomic mass is 10.4. The molecule has 74 valence electrons. The second kappa shape index (κ2) is 11.4. The van der Waals surface area contributed by atoms with Gasteiger partial charge in [0, 0.05) is 0 Å². The molecule has 0 rings (SSSR count). The summed E-state index contributed by atoms with van der Waals surface area (Å²) in [5, 5.41) is 0. The summed E-state index contributed by atoms with van der Waals surface area (Å²) in [4.78, 5) is 0. The molecule has 11 heavy (non-hydrogen) atoms. The first-order chi connectivity index (χ1) is 3.62. The van der Waals surface area contributed by atoms with Crippen LogP contribution in [0.2, 0.25) is 0 Å². The fourth-order valence-electron chi connectivity index (χ4n) is 0.763. The van der Waals surface area contributed by atoms with Crippen molar-refractivity contribution >= 4 is 34.0 Å². The summed E-state index contributed by atoms with van der Waals surface area (Å²) in [5.41, 5.74) is 0. The summed E-state index contributed by atoms with van der Waals surface area (Å²) in [6.07, 6.45) is 1.29. The van der Waals surface area contributed by atoms with E-state index in [-0.39, 0.29) is 50.9 Å². The van der Waals surface area contributed by atoms with Crippen LogP contribution in [0.3, 0.4) is 0 Å². The Morgan fingerprint density at radius 1 is 1.00 bits per heavy atom. The van der Waals surface area contributed by atoms with Gasteiger partial charge >= 0.3 is 0 Å². The van der Waals surface area contributed by atoms with Gasteiger partial charge in [0.25, 0.3) is 0 Å². The predicted molar refractivity (Wildman–Crippen MR) is 58.5 cm³/mol. The highest BCUT2D eigenvalue weighted by Gasteiger charge is 2.07. The lowest BCUT2D eigenvalue weighted by Crippen LogP contribution is -3.00. The summed E-state index contributed by atoms with van der Waals surface area (Å²) in [7, 11) is 4.53. The molecule has 4 heteroatoms. The van der Waals surface area contributed by atoms with E-state index in [9.17, 15) is 0 Å². The van der Waals surface area contributed by atoms with Gasteiger partial charge in [0.1, 0.15) is 0 Å². The Balaban J connectivity index is -0.0000000817. The lowest BCUT2D eigenvalue weighted by molar-refractivity contribution is -0.888. The molecular weight excluding hydrogens is 338 g/mol. The molecule has 0 aliphatic rings. The SMILES string of the molecule is Br.Br.CCC[N+](C)(C)CC.[Br-]. The van der Waals surface area contributed by atoms with Crippen molar-refractivity contribution in [3.05, 3.63) is 0 Å². The molecule has 0 aromatic rings. The average Bonchev–Trinajstić information content (AvgIpc) is 1.67. The number of nitrogens with zero attached hydrogens (tertiary/aromatic N) is 1. The lowest BCUT2D eigenvalue weighted by Gasteiger charge is -2.27. The zero-order chi connectivity index (χ0) is 6.62. The third-order valence-corrected chi connectivity index (χ3v) is 1.68. The Labute approximate surface area is 102 Å². The van der Waals surface area contributed by atoms with Crippen LogP contribution in [0.15, 0.2) is 0 Å². The van der Waals surface area contributed by atoms with Gasteiger partial charge in [0.05, 0.1) is 27.2 Å². The smallest absolute Gasteiger partial charge is 0.0779 e. The normalized spacial score (nSPS) is 8.73. The molecule has 0 fully saturated rings. The van der Waals surface area contributed by atoms with Crippen molar-refractivity contribution in [2.75, 3.05) is 27.2 Å². The second-order valence-corrected chi connectivity index (χ2v) is 2.98. The Morgan fingerprint density at radius 3 is 1.45 bits per heavy atom. The van der Waals surface area contributed by atoms with Crippen molar-refractivity contribution in [2.24, 2.45) is 0 Å². The van der Waals surface area contributed by atoms with Crippen LogP contribution in [0.25, 0.3) is 0 Å². The van der Waals surface area contributed by atoms with Crippen molar-refractivity contribution in [2.45, 2.75) is 20.3 Å². The van der Waals surface area contributed by atoms with Gasteiger partial charge in [-0.1, -0.05) is 6.92 Å². The van der Waals surface area contributed by atoms with E-state index in [4.69, 9.17) is 0 Å². The molecule has 0 N–H and O–H groups in total. The summed E-state index contributed by atoms with van der Waals surface area (Å²) in [5.74, 6) is 0. The van der Waals surface area contributed by atoms with E-state index in [0.29, 0.717) is 0 Å². The largest absolute Gasteiger partial charge is 1.00 e. The number of hydrogen-bond acceptors (Lipinski definition) is 0. The van der Waals surface area contributed by atoms with Crippen LogP contribution in [0, 0.1) is 0 Å². The van der Waals surface area contributed by atoms with E-state index >= 15 is 0 Å². The van der Waals surface area contributed by atoms with Crippen molar-refractivity contribution in [1.29, 1.82) is 0 Å². The fraction of sp³-hybridized carbons (Fsp3) is 1.00. The highest BCUT2D eigenvalue weighted by Crippen LogP contribution is 1.95. The Morgan fingerprint density at radius 2 is 1.36 bits per heavy atom. The van der Waals surface area contributed by atoms with Crippen molar-refractivity contribution in [3.8, 4) is 0 Å². The molecule has 1 nitrogen and oxygen atoms in total. The van der Waals surface area contributed by atoms with Gasteiger partial charge in [-0.3, -0.25) is 0 Å². The molecule has 0 unspecified atom stereocenters. The quantitative estimate of drug-likeness (QED) is 0.606. The summed E-state index contributed by atoms with van der Waals surface area (Å²) >= 11 is 0. The van der Waals surface area contributed by atoms with Gasteiger partial charge in [0.2, 0.25) is 0 Å². The first kappa shape index (κ1) is 22.8. The van der Waals surface area contributed by atoms with Gasteiger partial charge in [-0.2, -0.15) is 0 Å². The van der Waals surface area contributed by atoms with Gasteiger partial charge in [-0.25, -0.2) is 0 Å². The zero-order valence-corrected chi connectivity index (χ0v) is 12.8. The van der Waals surface area contributed by atoms with Gasteiger partial charge < -0.3 is 21.5 Å². The highest BCUT2D eigenvalue weighted by molar-refractivity contribution is 8.93. The molecular formula is C7H20Br3N. The Kier molecular flexibility index (Phi) is 23.7. The fourth-order valence-corrected chi connectivity index (χ4v) is 0.763. The first-order valence-electron chi connectivity index (χ1n) is 3.44. The van der Waals surface area contributed by atoms with E-state index in [1.165, 1.54) is 19.5 Å². The first-order valence-corrected chi connectivity index (χ1v) is 3.44. The van der Waals surface area contributed by atoms with Crippen molar-refractivity contribution < 1.29 is 21.5 Å². The molecule has 0 saturated heterocycles. The van der Waals surface area contributed by atoms with E-state index in [2.05, 4.69) is 27.9 Å². The maximum absolute atomic E-state index is 2.27. The zero-order valence-electron chi connectivity index (χ0n) is 7.76. The van der Waals surface area contributed by atoms with Crippen LogP contribution in [-0.4, -0.2) is 31.7 Å². The highest BCUT2D eigenvalue weighted by atomic mass is 79.9. The maximum Gasteiger partial charge on any atom is 0.0779 e. The molecule has 0 aliphatic carbocycles. The minimum atomic E-state index is 0. The molecule has 0 amide bonds. The van der Waals surface area contributed by atoms with Crippen LogP contribution in [0.4, 0.5) is 0 Å². The van der Waals surface area contributed by atoms with Gasteiger partial charge in [0.15, 0.2) is 0 Å². The third-order valence-electron chi connectivity index (χ3n) is 1.68. The maximum atomic E-state index is 2.27. The molecule has 0 atom stereocenters. The summed E-state index contributed by atoms with van der Waals surface area (Å²) in [6.45, 7) is 7.01. The van der Waals surface area contributed by atoms with Gasteiger partial charge in [-0.05, 0) is 13.3 Å². The van der Waals surface area contributed by atoms with E-state index in [1.807, 2.05) is 0 Å². The van der Waals surface area contributed by atoms with E-state index < -0.39 is 0 Å². The van der Waals surface area contributed by atoms with Crippen molar-refractivity contribution in [3.63, 3.8) is 0 Å². The van der Waals surface area contributed by atoms with Crippen LogP contribution >= 0.6 is 34.0 Å². The summed E-state index contributed by atoms with van der Waals surface area (Å²) < 4.78 is 1.16. The second-order valence-electron chi connectivity index (χ2n) is 2.98. The van der Waals surface area contributed by atoms with E-state index in [0.717, 1.165) is 4.48 Å².